The van der Waals surface area contributed by atoms with Gasteiger partial charge in [-0.3, -0.25) is 5.32 Å². The Morgan fingerprint density at radius 3 is 2.11 bits per heavy atom. The number of nitrogens with zero attached hydrogens (tertiary/aromatic N) is 1. The number of nitriles is 1. The van der Waals surface area contributed by atoms with E-state index in [1.807, 2.05) is 48.5 Å². The third kappa shape index (κ3) is 9.89. The number of hydrogen-bond acceptors (Lipinski definition) is 4. The summed E-state index contributed by atoms with van der Waals surface area (Å²) >= 11 is 0. The van der Waals surface area contributed by atoms with Crippen molar-refractivity contribution in [1.82, 2.24) is 5.32 Å². The predicted molar refractivity (Wildman–Crippen MR) is 78.0 cm³/mol. The number of ether oxygens (including phenoxy) is 2. The van der Waals surface area contributed by atoms with Crippen LogP contribution in [0, 0.1) is 11.3 Å². The summed E-state index contributed by atoms with van der Waals surface area (Å²) in [5, 5.41) is 12.5. The Labute approximate surface area is 118 Å². The minimum absolute atomic E-state index is 0.0273. The molecule has 0 saturated heterocycles. The van der Waals surface area contributed by atoms with E-state index in [-0.39, 0.29) is 17.7 Å². The lowest BCUT2D eigenvalue weighted by Gasteiger charge is -2.29. The van der Waals surface area contributed by atoms with Crippen LogP contribution in [0.2, 0.25) is 0 Å². The van der Waals surface area contributed by atoms with Gasteiger partial charge in [0.25, 0.3) is 0 Å². The molecule has 0 aromatic heterocycles. The van der Waals surface area contributed by atoms with E-state index < -0.39 is 5.54 Å². The van der Waals surface area contributed by atoms with E-state index in [1.165, 1.54) is 0 Å². The Bertz CT molecular complexity index is 292. The van der Waals surface area contributed by atoms with Crippen LogP contribution in [0.1, 0.15) is 54.9 Å². The maximum Gasteiger partial charge on any atom is 0.106 e. The molecule has 0 amide bonds. The largest absolute Gasteiger partial charge is 0.376 e. The lowest BCUT2D eigenvalue weighted by atomic mass is 9.95. The first-order valence-electron chi connectivity index (χ1n) is 7.02. The standard InChI is InChI=1S/C15H30N2O2/c1-12(2)17-15(7,11-16)10-13(3)18-8-9-19-14(4,5)6/h12-13,17H,8-10H2,1-7H3. The van der Waals surface area contributed by atoms with E-state index in [4.69, 9.17) is 9.47 Å². The molecule has 0 radical (unpaired) electrons. The van der Waals surface area contributed by atoms with Crippen LogP contribution in [0.5, 0.6) is 0 Å². The summed E-state index contributed by atoms with van der Waals surface area (Å²) in [6.45, 7) is 15.2. The zero-order valence-electron chi connectivity index (χ0n) is 13.5. The van der Waals surface area contributed by atoms with Gasteiger partial charge in [0.05, 0.1) is 31.0 Å². The third-order valence-corrected chi connectivity index (χ3v) is 2.57. The van der Waals surface area contributed by atoms with Crippen molar-refractivity contribution >= 4 is 0 Å². The summed E-state index contributed by atoms with van der Waals surface area (Å²) in [5.41, 5.74) is -0.675. The molecule has 4 heteroatoms. The smallest absolute Gasteiger partial charge is 0.106 e. The van der Waals surface area contributed by atoms with E-state index in [0.717, 1.165) is 0 Å². The highest BCUT2D eigenvalue weighted by Gasteiger charge is 2.27. The van der Waals surface area contributed by atoms with Crippen LogP contribution in [-0.2, 0) is 9.47 Å². The Kier molecular flexibility index (Phi) is 7.58. The number of rotatable bonds is 8. The Morgan fingerprint density at radius 1 is 1.11 bits per heavy atom. The molecule has 0 rings (SSSR count). The van der Waals surface area contributed by atoms with E-state index in [2.05, 4.69) is 11.4 Å². The van der Waals surface area contributed by atoms with Crippen molar-refractivity contribution in [2.45, 2.75) is 78.2 Å². The second-order valence-corrected chi connectivity index (χ2v) is 6.59. The lowest BCUT2D eigenvalue weighted by molar-refractivity contribution is -0.0521. The summed E-state index contributed by atoms with van der Waals surface area (Å²) in [6.07, 6.45) is 0.691. The van der Waals surface area contributed by atoms with Crippen molar-refractivity contribution in [3.8, 4) is 6.07 Å². The fraction of sp³-hybridized carbons (Fsp3) is 0.933. The summed E-state index contributed by atoms with van der Waals surface area (Å²) in [6, 6.07) is 2.61. The van der Waals surface area contributed by atoms with E-state index in [1.54, 1.807) is 0 Å². The second kappa shape index (κ2) is 7.84. The van der Waals surface area contributed by atoms with Gasteiger partial charge in [-0.15, -0.1) is 0 Å². The highest BCUT2D eigenvalue weighted by atomic mass is 16.5. The van der Waals surface area contributed by atoms with Gasteiger partial charge in [0.15, 0.2) is 0 Å². The van der Waals surface area contributed by atoms with Crippen LogP contribution in [0.3, 0.4) is 0 Å². The van der Waals surface area contributed by atoms with Crippen molar-refractivity contribution < 1.29 is 9.47 Å². The molecule has 2 unspecified atom stereocenters. The quantitative estimate of drug-likeness (QED) is 0.689. The van der Waals surface area contributed by atoms with Crippen LogP contribution in [0.4, 0.5) is 0 Å². The van der Waals surface area contributed by atoms with Crippen LogP contribution < -0.4 is 5.32 Å². The van der Waals surface area contributed by atoms with Crippen LogP contribution in [0.25, 0.3) is 0 Å². The van der Waals surface area contributed by atoms with Crippen molar-refractivity contribution in [2.75, 3.05) is 13.2 Å². The number of hydrogen-bond donors (Lipinski definition) is 1. The topological polar surface area (TPSA) is 54.3 Å². The molecule has 0 fully saturated rings. The molecule has 0 spiro atoms. The average Bonchev–Trinajstić information content (AvgIpc) is 2.22. The van der Waals surface area contributed by atoms with Gasteiger partial charge in [0.2, 0.25) is 0 Å². The molecule has 0 saturated carbocycles. The molecule has 0 aliphatic carbocycles. The Morgan fingerprint density at radius 2 is 1.68 bits per heavy atom. The van der Waals surface area contributed by atoms with Crippen LogP contribution in [-0.4, -0.2) is 36.5 Å². The summed E-state index contributed by atoms with van der Waals surface area (Å²) in [5.74, 6) is 0. The van der Waals surface area contributed by atoms with Crippen molar-refractivity contribution in [1.29, 1.82) is 5.26 Å². The van der Waals surface area contributed by atoms with Gasteiger partial charge in [0, 0.05) is 12.5 Å². The monoisotopic (exact) mass is 270 g/mol. The van der Waals surface area contributed by atoms with Gasteiger partial charge < -0.3 is 9.47 Å². The minimum Gasteiger partial charge on any atom is -0.376 e. The molecule has 0 aliphatic rings. The summed E-state index contributed by atoms with van der Waals surface area (Å²) in [7, 11) is 0. The fourth-order valence-electron chi connectivity index (χ4n) is 2.00. The first-order chi connectivity index (χ1) is 8.58. The van der Waals surface area contributed by atoms with Crippen molar-refractivity contribution in [3.05, 3.63) is 0 Å². The van der Waals surface area contributed by atoms with Crippen molar-refractivity contribution in [2.24, 2.45) is 0 Å². The van der Waals surface area contributed by atoms with Gasteiger partial charge in [-0.1, -0.05) is 0 Å². The van der Waals surface area contributed by atoms with E-state index in [9.17, 15) is 5.26 Å². The highest BCUT2D eigenvalue weighted by Crippen LogP contribution is 2.15. The fourth-order valence-corrected chi connectivity index (χ4v) is 2.00. The van der Waals surface area contributed by atoms with Gasteiger partial charge in [0.1, 0.15) is 5.54 Å². The lowest BCUT2D eigenvalue weighted by Crippen LogP contribution is -2.47. The Hall–Kier alpha value is -0.630. The molecule has 0 aromatic rings. The molecule has 1 N–H and O–H groups in total. The van der Waals surface area contributed by atoms with Gasteiger partial charge in [-0.25, -0.2) is 0 Å². The van der Waals surface area contributed by atoms with Gasteiger partial charge in [-0.2, -0.15) is 5.26 Å². The first-order valence-corrected chi connectivity index (χ1v) is 7.02. The zero-order chi connectivity index (χ0) is 15.1. The predicted octanol–water partition coefficient (Wildman–Crippen LogP) is 2.88. The van der Waals surface area contributed by atoms with Crippen LogP contribution in [0.15, 0.2) is 0 Å². The summed E-state index contributed by atoms with van der Waals surface area (Å²) in [4.78, 5) is 0. The normalized spacial score (nSPS) is 17.0. The second-order valence-electron chi connectivity index (χ2n) is 6.59. The highest BCUT2D eigenvalue weighted by molar-refractivity contribution is 5.05. The van der Waals surface area contributed by atoms with Gasteiger partial charge >= 0.3 is 0 Å². The summed E-state index contributed by atoms with van der Waals surface area (Å²) < 4.78 is 11.3. The van der Waals surface area contributed by atoms with E-state index in [0.29, 0.717) is 19.6 Å². The Balaban J connectivity index is 4.02. The molecule has 19 heavy (non-hydrogen) atoms. The number of nitrogens with one attached hydrogen (secondary N) is 1. The molecule has 0 aromatic carbocycles. The zero-order valence-corrected chi connectivity index (χ0v) is 13.5. The SMILES string of the molecule is CC(C)NC(C)(C#N)CC(C)OCCOC(C)(C)C. The maximum atomic E-state index is 9.27. The molecule has 0 bridgehead atoms. The molecular formula is C15H30N2O2. The third-order valence-electron chi connectivity index (χ3n) is 2.57. The van der Waals surface area contributed by atoms with E-state index >= 15 is 0 Å². The molecule has 0 heterocycles. The molecular weight excluding hydrogens is 240 g/mol. The van der Waals surface area contributed by atoms with Crippen molar-refractivity contribution in [3.63, 3.8) is 0 Å². The average molecular weight is 270 g/mol. The van der Waals surface area contributed by atoms with Crippen LogP contribution >= 0.6 is 0 Å². The molecule has 0 aliphatic heterocycles. The first kappa shape index (κ1) is 18.4. The molecule has 2 atom stereocenters. The van der Waals surface area contributed by atoms with Gasteiger partial charge in [-0.05, 0) is 48.5 Å². The molecule has 112 valence electrons. The maximum absolute atomic E-state index is 9.27. The minimum atomic E-state index is -0.543. The molecule has 4 nitrogen and oxygen atoms in total.